The second kappa shape index (κ2) is 4.73. The molecule has 1 heterocycles. The van der Waals surface area contributed by atoms with Gasteiger partial charge in [-0.3, -0.25) is 0 Å². The topological polar surface area (TPSA) is 63.8 Å². The summed E-state index contributed by atoms with van der Waals surface area (Å²) in [5.74, 6) is 0.129. The first kappa shape index (κ1) is 12.8. The van der Waals surface area contributed by atoms with Crippen molar-refractivity contribution in [2.24, 2.45) is 0 Å². The fourth-order valence-corrected chi connectivity index (χ4v) is 1.27. The van der Waals surface area contributed by atoms with Crippen molar-refractivity contribution in [1.82, 2.24) is 9.97 Å². The van der Waals surface area contributed by atoms with Crippen LogP contribution in [0, 0.1) is 0 Å². The van der Waals surface area contributed by atoms with E-state index in [4.69, 9.17) is 17.3 Å². The molecule has 1 unspecified atom stereocenters. The molecule has 0 aromatic carbocycles. The summed E-state index contributed by atoms with van der Waals surface area (Å²) < 4.78 is 36.2. The van der Waals surface area contributed by atoms with Crippen LogP contribution < -0.4 is 11.1 Å². The summed E-state index contributed by atoms with van der Waals surface area (Å²) in [6.45, 7) is 1.38. The number of hydrogen-bond acceptors (Lipinski definition) is 4. The first-order chi connectivity index (χ1) is 7.29. The monoisotopic (exact) mass is 254 g/mol. The average Bonchev–Trinajstić information content (AvgIpc) is 2.09. The molecular formula is C8H10ClF3N4. The van der Waals surface area contributed by atoms with Crippen LogP contribution in [0.25, 0.3) is 0 Å². The number of anilines is 2. The Morgan fingerprint density at radius 3 is 2.69 bits per heavy atom. The molecule has 4 nitrogen and oxygen atoms in total. The maximum Gasteiger partial charge on any atom is 0.391 e. The van der Waals surface area contributed by atoms with E-state index in [1.165, 1.54) is 6.92 Å². The highest BCUT2D eigenvalue weighted by molar-refractivity contribution is 6.35. The number of nitrogens with zero attached hydrogens (tertiary/aromatic N) is 2. The molecule has 1 rings (SSSR count). The Kier molecular flexibility index (Phi) is 3.79. The van der Waals surface area contributed by atoms with Crippen molar-refractivity contribution < 1.29 is 13.2 Å². The van der Waals surface area contributed by atoms with Crippen LogP contribution in [0.5, 0.6) is 0 Å². The molecule has 0 aliphatic rings. The Labute approximate surface area is 95.0 Å². The van der Waals surface area contributed by atoms with Gasteiger partial charge < -0.3 is 11.1 Å². The smallest absolute Gasteiger partial charge is 0.382 e. The average molecular weight is 255 g/mol. The molecule has 0 saturated heterocycles. The minimum atomic E-state index is -4.24. The van der Waals surface area contributed by atoms with E-state index in [2.05, 4.69) is 15.3 Å². The van der Waals surface area contributed by atoms with Crippen LogP contribution in [0.1, 0.15) is 13.3 Å². The van der Waals surface area contributed by atoms with Crippen molar-refractivity contribution in [3.05, 3.63) is 11.3 Å². The molecule has 0 aliphatic carbocycles. The number of rotatable bonds is 3. The van der Waals surface area contributed by atoms with Gasteiger partial charge in [0.25, 0.3) is 0 Å². The van der Waals surface area contributed by atoms with Crippen LogP contribution in [-0.4, -0.2) is 22.2 Å². The predicted octanol–water partition coefficient (Wildman–Crippen LogP) is 2.46. The Morgan fingerprint density at radius 2 is 2.12 bits per heavy atom. The normalized spacial score (nSPS) is 13.6. The SMILES string of the molecule is CC(CC(F)(F)F)Nc1ncnc(N)c1Cl. The number of nitrogens with one attached hydrogen (secondary N) is 1. The van der Waals surface area contributed by atoms with Crippen LogP contribution in [0.3, 0.4) is 0 Å². The van der Waals surface area contributed by atoms with Gasteiger partial charge in [0.1, 0.15) is 17.2 Å². The Bertz CT molecular complexity index is 369. The Balaban J connectivity index is 2.70. The van der Waals surface area contributed by atoms with Gasteiger partial charge in [-0.15, -0.1) is 0 Å². The summed E-state index contributed by atoms with van der Waals surface area (Å²) in [6, 6.07) is -0.841. The van der Waals surface area contributed by atoms with Crippen molar-refractivity contribution in [1.29, 1.82) is 0 Å². The quantitative estimate of drug-likeness (QED) is 0.870. The lowest BCUT2D eigenvalue weighted by Gasteiger charge is -2.17. The van der Waals surface area contributed by atoms with E-state index in [0.29, 0.717) is 0 Å². The molecule has 3 N–H and O–H groups in total. The summed E-state index contributed by atoms with van der Waals surface area (Å²) in [6.07, 6.45) is -4.09. The van der Waals surface area contributed by atoms with Crippen LogP contribution in [0.15, 0.2) is 6.33 Å². The fourth-order valence-electron chi connectivity index (χ4n) is 1.12. The molecule has 0 radical (unpaired) electrons. The van der Waals surface area contributed by atoms with Gasteiger partial charge in [-0.2, -0.15) is 13.2 Å². The van der Waals surface area contributed by atoms with E-state index < -0.39 is 18.6 Å². The molecule has 0 aliphatic heterocycles. The minimum Gasteiger partial charge on any atom is -0.382 e. The first-order valence-electron chi connectivity index (χ1n) is 4.39. The standard InChI is InChI=1S/C8H10ClF3N4/c1-4(2-8(10,11)12)16-7-5(9)6(13)14-3-15-7/h3-4H,2H2,1H3,(H3,13,14,15,16). The van der Waals surface area contributed by atoms with E-state index in [1.807, 2.05) is 0 Å². The summed E-state index contributed by atoms with van der Waals surface area (Å²) in [5, 5.41) is 2.55. The summed E-state index contributed by atoms with van der Waals surface area (Å²) in [7, 11) is 0. The van der Waals surface area contributed by atoms with Gasteiger partial charge in [0.05, 0.1) is 6.42 Å². The van der Waals surface area contributed by atoms with Crippen molar-refractivity contribution in [2.75, 3.05) is 11.1 Å². The lowest BCUT2D eigenvalue weighted by molar-refractivity contribution is -0.136. The molecule has 90 valence electrons. The molecule has 0 spiro atoms. The van der Waals surface area contributed by atoms with Crippen molar-refractivity contribution in [3.8, 4) is 0 Å². The lowest BCUT2D eigenvalue weighted by Crippen LogP contribution is -2.24. The fraction of sp³-hybridized carbons (Fsp3) is 0.500. The van der Waals surface area contributed by atoms with Gasteiger partial charge in [-0.1, -0.05) is 11.6 Å². The highest BCUT2D eigenvalue weighted by Crippen LogP contribution is 2.27. The number of halogens is 4. The van der Waals surface area contributed by atoms with Gasteiger partial charge in [0.2, 0.25) is 0 Å². The maximum atomic E-state index is 12.1. The van der Waals surface area contributed by atoms with E-state index in [9.17, 15) is 13.2 Å². The second-order valence-electron chi connectivity index (χ2n) is 3.29. The predicted molar refractivity (Wildman–Crippen MR) is 55.2 cm³/mol. The molecule has 1 aromatic heterocycles. The summed E-state index contributed by atoms with van der Waals surface area (Å²) >= 11 is 5.71. The molecule has 0 bridgehead atoms. The third kappa shape index (κ3) is 3.73. The Morgan fingerprint density at radius 1 is 1.50 bits per heavy atom. The zero-order chi connectivity index (χ0) is 12.3. The maximum absolute atomic E-state index is 12.1. The highest BCUT2D eigenvalue weighted by atomic mass is 35.5. The van der Waals surface area contributed by atoms with E-state index >= 15 is 0 Å². The van der Waals surface area contributed by atoms with Crippen LogP contribution >= 0.6 is 11.6 Å². The van der Waals surface area contributed by atoms with E-state index in [0.717, 1.165) is 6.33 Å². The zero-order valence-corrected chi connectivity index (χ0v) is 9.10. The second-order valence-corrected chi connectivity index (χ2v) is 3.66. The van der Waals surface area contributed by atoms with Gasteiger partial charge in [0, 0.05) is 6.04 Å². The molecule has 0 fully saturated rings. The number of alkyl halides is 3. The van der Waals surface area contributed by atoms with Gasteiger partial charge in [0.15, 0.2) is 5.82 Å². The van der Waals surface area contributed by atoms with Crippen molar-refractivity contribution >= 4 is 23.2 Å². The number of nitrogens with two attached hydrogens (primary N) is 1. The summed E-state index contributed by atoms with van der Waals surface area (Å²) in [4.78, 5) is 7.30. The van der Waals surface area contributed by atoms with Crippen molar-refractivity contribution in [3.63, 3.8) is 0 Å². The third-order valence-corrected chi connectivity index (χ3v) is 2.11. The van der Waals surface area contributed by atoms with Crippen LogP contribution in [0.2, 0.25) is 5.02 Å². The lowest BCUT2D eigenvalue weighted by atomic mass is 10.2. The molecule has 1 atom stereocenters. The first-order valence-corrected chi connectivity index (χ1v) is 4.76. The van der Waals surface area contributed by atoms with Crippen molar-refractivity contribution in [2.45, 2.75) is 25.6 Å². The summed E-state index contributed by atoms with van der Waals surface area (Å²) in [5.41, 5.74) is 5.38. The molecule has 1 aromatic rings. The Hall–Kier alpha value is -1.24. The molecular weight excluding hydrogens is 245 g/mol. The number of hydrogen-bond donors (Lipinski definition) is 2. The minimum absolute atomic E-state index is 0.0246. The third-order valence-electron chi connectivity index (χ3n) is 1.74. The molecule has 8 heteroatoms. The largest absolute Gasteiger partial charge is 0.391 e. The van der Waals surface area contributed by atoms with E-state index in [1.54, 1.807) is 0 Å². The zero-order valence-electron chi connectivity index (χ0n) is 8.35. The van der Waals surface area contributed by atoms with Crippen LogP contribution in [0.4, 0.5) is 24.8 Å². The molecule has 16 heavy (non-hydrogen) atoms. The molecule has 0 saturated carbocycles. The number of nitrogen functional groups attached to an aromatic ring is 1. The van der Waals surface area contributed by atoms with E-state index in [-0.39, 0.29) is 16.7 Å². The van der Waals surface area contributed by atoms with Gasteiger partial charge in [-0.25, -0.2) is 9.97 Å². The van der Waals surface area contributed by atoms with Gasteiger partial charge >= 0.3 is 6.18 Å². The van der Waals surface area contributed by atoms with Crippen LogP contribution in [-0.2, 0) is 0 Å². The highest BCUT2D eigenvalue weighted by Gasteiger charge is 2.30. The number of aromatic nitrogens is 2. The van der Waals surface area contributed by atoms with Gasteiger partial charge in [-0.05, 0) is 6.92 Å². The molecule has 0 amide bonds.